The molecule has 0 radical (unpaired) electrons. The summed E-state index contributed by atoms with van der Waals surface area (Å²) in [6.07, 6.45) is 0.533. The number of ether oxygens (including phenoxy) is 1. The standard InChI is InChI=1S/C10H25N3O3S/c1-4-10(9-11)17(14,15)12-5-6-13(2)7-8-16-3/h10,12H,4-9,11H2,1-3H3. The largest absolute Gasteiger partial charge is 0.383 e. The van der Waals surface area contributed by atoms with E-state index in [1.807, 2.05) is 18.9 Å². The van der Waals surface area contributed by atoms with Crippen molar-refractivity contribution >= 4 is 10.0 Å². The van der Waals surface area contributed by atoms with E-state index in [1.165, 1.54) is 0 Å². The summed E-state index contributed by atoms with van der Waals surface area (Å²) in [7, 11) is 0.295. The lowest BCUT2D eigenvalue weighted by atomic mass is 10.3. The van der Waals surface area contributed by atoms with Gasteiger partial charge in [0.2, 0.25) is 10.0 Å². The number of methoxy groups -OCH3 is 1. The van der Waals surface area contributed by atoms with E-state index in [0.29, 0.717) is 26.1 Å². The zero-order valence-corrected chi connectivity index (χ0v) is 11.8. The van der Waals surface area contributed by atoms with Crippen LogP contribution in [0.5, 0.6) is 0 Å². The Labute approximate surface area is 105 Å². The average molecular weight is 267 g/mol. The molecule has 0 aromatic carbocycles. The monoisotopic (exact) mass is 267 g/mol. The van der Waals surface area contributed by atoms with Crippen LogP contribution in [0.25, 0.3) is 0 Å². The quantitative estimate of drug-likeness (QED) is 0.542. The maximum Gasteiger partial charge on any atom is 0.215 e. The van der Waals surface area contributed by atoms with E-state index in [2.05, 4.69) is 4.72 Å². The molecular formula is C10H25N3O3S. The lowest BCUT2D eigenvalue weighted by Crippen LogP contribution is -2.41. The van der Waals surface area contributed by atoms with E-state index in [9.17, 15) is 8.42 Å². The minimum Gasteiger partial charge on any atom is -0.383 e. The van der Waals surface area contributed by atoms with Crippen molar-refractivity contribution in [3.8, 4) is 0 Å². The van der Waals surface area contributed by atoms with Crippen LogP contribution in [-0.4, -0.2) is 65.5 Å². The van der Waals surface area contributed by atoms with Gasteiger partial charge in [0.05, 0.1) is 11.9 Å². The van der Waals surface area contributed by atoms with Crippen LogP contribution in [0.4, 0.5) is 0 Å². The highest BCUT2D eigenvalue weighted by atomic mass is 32.2. The lowest BCUT2D eigenvalue weighted by Gasteiger charge is -2.18. The molecule has 0 fully saturated rings. The molecule has 0 spiro atoms. The molecule has 0 saturated carbocycles. The second-order valence-corrected chi connectivity index (χ2v) is 6.05. The van der Waals surface area contributed by atoms with Gasteiger partial charge in [-0.3, -0.25) is 0 Å². The van der Waals surface area contributed by atoms with Crippen molar-refractivity contribution in [2.75, 3.05) is 46.9 Å². The minimum atomic E-state index is -3.27. The van der Waals surface area contributed by atoms with E-state index in [1.54, 1.807) is 7.11 Å². The smallest absolute Gasteiger partial charge is 0.215 e. The predicted octanol–water partition coefficient (Wildman–Crippen LogP) is -0.779. The second-order valence-electron chi connectivity index (χ2n) is 4.00. The van der Waals surface area contributed by atoms with Crippen LogP contribution >= 0.6 is 0 Å². The highest BCUT2D eigenvalue weighted by Gasteiger charge is 2.21. The first-order valence-electron chi connectivity index (χ1n) is 5.84. The van der Waals surface area contributed by atoms with Crippen molar-refractivity contribution in [2.24, 2.45) is 5.73 Å². The Morgan fingerprint density at radius 2 is 2.06 bits per heavy atom. The fraction of sp³-hybridized carbons (Fsp3) is 1.00. The number of hydrogen-bond donors (Lipinski definition) is 2. The van der Waals surface area contributed by atoms with Gasteiger partial charge in [-0.25, -0.2) is 13.1 Å². The first kappa shape index (κ1) is 16.8. The van der Waals surface area contributed by atoms with Gasteiger partial charge in [0.1, 0.15) is 0 Å². The Hall–Kier alpha value is -0.210. The molecule has 0 aromatic rings. The van der Waals surface area contributed by atoms with Gasteiger partial charge in [0.15, 0.2) is 0 Å². The van der Waals surface area contributed by atoms with Crippen LogP contribution in [0, 0.1) is 0 Å². The second kappa shape index (κ2) is 8.82. The normalized spacial score (nSPS) is 14.2. The fourth-order valence-electron chi connectivity index (χ4n) is 1.37. The molecule has 0 heterocycles. The fourth-order valence-corrected chi connectivity index (χ4v) is 2.67. The van der Waals surface area contributed by atoms with Crippen LogP contribution in [0.3, 0.4) is 0 Å². The van der Waals surface area contributed by atoms with Crippen LogP contribution in [-0.2, 0) is 14.8 Å². The molecule has 0 aliphatic rings. The molecule has 17 heavy (non-hydrogen) atoms. The Morgan fingerprint density at radius 3 is 2.53 bits per heavy atom. The van der Waals surface area contributed by atoms with Crippen LogP contribution in [0.1, 0.15) is 13.3 Å². The van der Waals surface area contributed by atoms with Gasteiger partial charge in [-0.05, 0) is 13.5 Å². The van der Waals surface area contributed by atoms with Crippen LogP contribution < -0.4 is 10.5 Å². The number of rotatable bonds is 10. The molecule has 1 atom stereocenters. The SMILES string of the molecule is CCC(CN)S(=O)(=O)NCCN(C)CCOC. The molecule has 0 bridgehead atoms. The summed E-state index contributed by atoms with van der Waals surface area (Å²) in [5.74, 6) is 0. The van der Waals surface area contributed by atoms with E-state index < -0.39 is 15.3 Å². The number of nitrogens with zero attached hydrogens (tertiary/aromatic N) is 1. The molecule has 104 valence electrons. The van der Waals surface area contributed by atoms with Gasteiger partial charge in [0.25, 0.3) is 0 Å². The highest BCUT2D eigenvalue weighted by molar-refractivity contribution is 7.90. The van der Waals surface area contributed by atoms with Gasteiger partial charge >= 0.3 is 0 Å². The molecule has 1 unspecified atom stereocenters. The van der Waals surface area contributed by atoms with Crippen LogP contribution in [0.15, 0.2) is 0 Å². The molecule has 0 saturated heterocycles. The number of nitrogens with one attached hydrogen (secondary N) is 1. The third-order valence-electron chi connectivity index (χ3n) is 2.63. The number of nitrogens with two attached hydrogens (primary N) is 1. The summed E-state index contributed by atoms with van der Waals surface area (Å²) in [6, 6.07) is 0. The molecule has 0 amide bonds. The summed E-state index contributed by atoms with van der Waals surface area (Å²) < 4.78 is 31.0. The Kier molecular flexibility index (Phi) is 8.71. The van der Waals surface area contributed by atoms with Crippen LogP contribution in [0.2, 0.25) is 0 Å². The predicted molar refractivity (Wildman–Crippen MR) is 69.4 cm³/mol. The van der Waals surface area contributed by atoms with E-state index in [0.717, 1.165) is 6.54 Å². The molecule has 0 aliphatic heterocycles. The van der Waals surface area contributed by atoms with Crippen molar-refractivity contribution < 1.29 is 13.2 Å². The third-order valence-corrected chi connectivity index (χ3v) is 4.64. The molecule has 0 rings (SSSR count). The number of sulfonamides is 1. The van der Waals surface area contributed by atoms with Gasteiger partial charge in [-0.2, -0.15) is 0 Å². The van der Waals surface area contributed by atoms with E-state index >= 15 is 0 Å². The Morgan fingerprint density at radius 1 is 1.41 bits per heavy atom. The maximum atomic E-state index is 11.8. The lowest BCUT2D eigenvalue weighted by molar-refractivity contribution is 0.162. The van der Waals surface area contributed by atoms with E-state index in [4.69, 9.17) is 10.5 Å². The summed E-state index contributed by atoms with van der Waals surface area (Å²) in [4.78, 5) is 2.01. The van der Waals surface area contributed by atoms with Crippen molar-refractivity contribution in [3.63, 3.8) is 0 Å². The maximum absolute atomic E-state index is 11.8. The van der Waals surface area contributed by atoms with Gasteiger partial charge < -0.3 is 15.4 Å². The van der Waals surface area contributed by atoms with Gasteiger partial charge in [0, 0.05) is 33.3 Å². The molecule has 0 aliphatic carbocycles. The third kappa shape index (κ3) is 6.95. The Bertz CT molecular complexity index is 279. The van der Waals surface area contributed by atoms with E-state index in [-0.39, 0.29) is 6.54 Å². The first-order chi connectivity index (χ1) is 7.97. The molecule has 3 N–H and O–H groups in total. The summed E-state index contributed by atoms with van der Waals surface area (Å²) in [5, 5.41) is -0.494. The molecule has 6 nitrogen and oxygen atoms in total. The van der Waals surface area contributed by atoms with Crippen molar-refractivity contribution in [3.05, 3.63) is 0 Å². The summed E-state index contributed by atoms with van der Waals surface area (Å²) in [5.41, 5.74) is 5.42. The van der Waals surface area contributed by atoms with Crippen molar-refractivity contribution in [1.29, 1.82) is 0 Å². The zero-order chi connectivity index (χ0) is 13.3. The minimum absolute atomic E-state index is 0.158. The summed E-state index contributed by atoms with van der Waals surface area (Å²) >= 11 is 0. The number of hydrogen-bond acceptors (Lipinski definition) is 5. The number of likely N-dealkylation sites (N-methyl/N-ethyl adjacent to an activating group) is 1. The van der Waals surface area contributed by atoms with Gasteiger partial charge in [-0.15, -0.1) is 0 Å². The molecular weight excluding hydrogens is 242 g/mol. The zero-order valence-electron chi connectivity index (χ0n) is 11.0. The highest BCUT2D eigenvalue weighted by Crippen LogP contribution is 2.01. The topological polar surface area (TPSA) is 84.7 Å². The summed E-state index contributed by atoms with van der Waals surface area (Å²) in [6.45, 7) is 4.46. The first-order valence-corrected chi connectivity index (χ1v) is 7.38. The molecule has 0 aromatic heterocycles. The Balaban J connectivity index is 3.94. The van der Waals surface area contributed by atoms with Gasteiger partial charge in [-0.1, -0.05) is 6.92 Å². The molecule has 7 heteroatoms. The van der Waals surface area contributed by atoms with Crippen molar-refractivity contribution in [2.45, 2.75) is 18.6 Å². The average Bonchev–Trinajstić information content (AvgIpc) is 2.27. The van der Waals surface area contributed by atoms with Crippen molar-refractivity contribution in [1.82, 2.24) is 9.62 Å².